The molecular weight excluding hydrogens is 200 g/mol. The Morgan fingerprint density at radius 3 is 2.44 bits per heavy atom. The molecule has 0 bridgehead atoms. The van der Waals surface area contributed by atoms with Gasteiger partial charge in [0.15, 0.2) is 0 Å². The predicted octanol–water partition coefficient (Wildman–Crippen LogP) is 1.92. The Bertz CT molecular complexity index is 236. The second-order valence-corrected chi connectivity index (χ2v) is 5.26. The van der Waals surface area contributed by atoms with E-state index in [4.69, 9.17) is 0 Å². The number of carbonyl (C=O) groups excluding carboxylic acids is 1. The molecule has 1 saturated carbocycles. The van der Waals surface area contributed by atoms with Crippen LogP contribution in [0, 0.1) is 0 Å². The highest BCUT2D eigenvalue weighted by molar-refractivity contribution is 5.73. The molecule has 1 saturated heterocycles. The number of nitrogens with one attached hydrogen (secondary N) is 1. The summed E-state index contributed by atoms with van der Waals surface area (Å²) in [6, 6.07) is 1.02. The molecule has 0 radical (unpaired) electrons. The molecule has 1 aliphatic heterocycles. The first-order valence-electron chi connectivity index (χ1n) is 6.78. The second kappa shape index (κ2) is 5.67. The monoisotopic (exact) mass is 224 g/mol. The fourth-order valence-corrected chi connectivity index (χ4v) is 3.23. The van der Waals surface area contributed by atoms with Crippen molar-refractivity contribution in [2.24, 2.45) is 0 Å². The van der Waals surface area contributed by atoms with E-state index in [0.717, 1.165) is 0 Å². The smallest absolute Gasteiger partial charge is 0.217 e. The van der Waals surface area contributed by atoms with E-state index >= 15 is 0 Å². The molecule has 92 valence electrons. The minimum absolute atomic E-state index is 0.133. The van der Waals surface area contributed by atoms with E-state index < -0.39 is 0 Å². The number of likely N-dealkylation sites (tertiary alicyclic amines) is 1. The van der Waals surface area contributed by atoms with Crippen LogP contribution in [0.15, 0.2) is 0 Å². The van der Waals surface area contributed by atoms with Crippen LogP contribution >= 0.6 is 0 Å². The zero-order valence-electron chi connectivity index (χ0n) is 10.4. The van der Waals surface area contributed by atoms with Gasteiger partial charge in [-0.3, -0.25) is 9.69 Å². The number of carbonyl (C=O) groups is 1. The summed E-state index contributed by atoms with van der Waals surface area (Å²) in [4.78, 5) is 13.8. The Morgan fingerprint density at radius 1 is 1.06 bits per heavy atom. The third-order valence-electron chi connectivity index (χ3n) is 3.98. The highest BCUT2D eigenvalue weighted by Gasteiger charge is 2.30. The van der Waals surface area contributed by atoms with Crippen molar-refractivity contribution in [2.45, 2.75) is 64.0 Å². The molecule has 2 fully saturated rings. The fraction of sp³-hybridized carbons (Fsp3) is 0.923. The normalized spacial score (nSPS) is 32.3. The molecule has 0 unspecified atom stereocenters. The van der Waals surface area contributed by atoms with Crippen molar-refractivity contribution in [3.8, 4) is 0 Å². The molecule has 16 heavy (non-hydrogen) atoms. The zero-order chi connectivity index (χ0) is 11.4. The lowest BCUT2D eigenvalue weighted by Crippen LogP contribution is -2.54. The fourth-order valence-electron chi connectivity index (χ4n) is 3.23. The molecule has 0 aromatic carbocycles. The minimum atomic E-state index is 0.133. The number of hydrogen-bond donors (Lipinski definition) is 1. The third-order valence-corrected chi connectivity index (χ3v) is 3.98. The van der Waals surface area contributed by atoms with E-state index in [9.17, 15) is 4.79 Å². The van der Waals surface area contributed by atoms with Gasteiger partial charge in [-0.1, -0.05) is 19.3 Å². The van der Waals surface area contributed by atoms with Gasteiger partial charge in [0.05, 0.1) is 0 Å². The summed E-state index contributed by atoms with van der Waals surface area (Å²) >= 11 is 0. The Kier molecular flexibility index (Phi) is 4.22. The van der Waals surface area contributed by atoms with Crippen molar-refractivity contribution < 1.29 is 4.79 Å². The van der Waals surface area contributed by atoms with Crippen LogP contribution in [-0.4, -0.2) is 36.0 Å². The number of hydrogen-bond acceptors (Lipinski definition) is 2. The molecule has 1 N–H and O–H groups in total. The van der Waals surface area contributed by atoms with Crippen molar-refractivity contribution in [3.63, 3.8) is 0 Å². The number of nitrogens with zero attached hydrogens (tertiary/aromatic N) is 1. The summed E-state index contributed by atoms with van der Waals surface area (Å²) in [6.07, 6.45) is 9.10. The van der Waals surface area contributed by atoms with Gasteiger partial charge in [0, 0.05) is 19.0 Å². The standard InChI is InChI=1S/C13H24N2O/c1-11(16)14-12-7-3-4-8-13(12)15-9-5-2-6-10-15/h12-13H,2-10H2,1H3,(H,14,16)/t12-,13-/m1/s1. The maximum absolute atomic E-state index is 11.2. The average Bonchev–Trinajstić information content (AvgIpc) is 2.30. The van der Waals surface area contributed by atoms with Crippen LogP contribution in [0.3, 0.4) is 0 Å². The topological polar surface area (TPSA) is 32.3 Å². The second-order valence-electron chi connectivity index (χ2n) is 5.26. The van der Waals surface area contributed by atoms with Crippen molar-refractivity contribution in [1.29, 1.82) is 0 Å². The molecular formula is C13H24N2O. The Balaban J connectivity index is 1.94. The van der Waals surface area contributed by atoms with Gasteiger partial charge in [-0.05, 0) is 38.8 Å². The largest absolute Gasteiger partial charge is 0.352 e. The van der Waals surface area contributed by atoms with Gasteiger partial charge >= 0.3 is 0 Å². The molecule has 1 heterocycles. The first kappa shape index (κ1) is 11.9. The predicted molar refractivity (Wildman–Crippen MR) is 65.3 cm³/mol. The van der Waals surface area contributed by atoms with Crippen LogP contribution in [0.1, 0.15) is 51.9 Å². The van der Waals surface area contributed by atoms with E-state index in [1.165, 1.54) is 58.0 Å². The first-order valence-corrected chi connectivity index (χ1v) is 6.78. The van der Waals surface area contributed by atoms with Crippen LogP contribution in [0.4, 0.5) is 0 Å². The number of piperidine rings is 1. The lowest BCUT2D eigenvalue weighted by molar-refractivity contribution is -0.120. The van der Waals surface area contributed by atoms with Crippen molar-refractivity contribution in [2.75, 3.05) is 13.1 Å². The van der Waals surface area contributed by atoms with E-state index in [-0.39, 0.29) is 5.91 Å². The highest BCUT2D eigenvalue weighted by Crippen LogP contribution is 2.25. The molecule has 2 rings (SSSR count). The molecule has 0 aromatic heterocycles. The quantitative estimate of drug-likeness (QED) is 0.777. The van der Waals surface area contributed by atoms with E-state index in [2.05, 4.69) is 10.2 Å². The Labute approximate surface area is 98.6 Å². The van der Waals surface area contributed by atoms with Crippen LogP contribution in [0.25, 0.3) is 0 Å². The molecule has 3 nitrogen and oxygen atoms in total. The van der Waals surface area contributed by atoms with Crippen LogP contribution in [0.2, 0.25) is 0 Å². The highest BCUT2D eigenvalue weighted by atomic mass is 16.1. The van der Waals surface area contributed by atoms with Gasteiger partial charge < -0.3 is 5.32 Å². The first-order chi connectivity index (χ1) is 7.77. The van der Waals surface area contributed by atoms with E-state index in [0.29, 0.717) is 12.1 Å². The Morgan fingerprint density at radius 2 is 1.75 bits per heavy atom. The van der Waals surface area contributed by atoms with Gasteiger partial charge in [0.25, 0.3) is 0 Å². The van der Waals surface area contributed by atoms with Crippen LogP contribution in [-0.2, 0) is 4.79 Å². The molecule has 0 aromatic rings. The van der Waals surface area contributed by atoms with Crippen molar-refractivity contribution >= 4 is 5.91 Å². The average molecular weight is 224 g/mol. The van der Waals surface area contributed by atoms with Crippen molar-refractivity contribution in [3.05, 3.63) is 0 Å². The molecule has 2 atom stereocenters. The van der Waals surface area contributed by atoms with E-state index in [1.807, 2.05) is 0 Å². The minimum Gasteiger partial charge on any atom is -0.352 e. The van der Waals surface area contributed by atoms with Crippen LogP contribution < -0.4 is 5.32 Å². The van der Waals surface area contributed by atoms with Crippen molar-refractivity contribution in [1.82, 2.24) is 10.2 Å². The molecule has 2 aliphatic rings. The maximum atomic E-state index is 11.2. The SMILES string of the molecule is CC(=O)N[C@@H]1CCCC[C@H]1N1CCCCC1. The maximum Gasteiger partial charge on any atom is 0.217 e. The number of rotatable bonds is 2. The molecule has 1 amide bonds. The van der Waals surface area contributed by atoms with Gasteiger partial charge in [-0.15, -0.1) is 0 Å². The lowest BCUT2D eigenvalue weighted by atomic mass is 9.88. The zero-order valence-corrected chi connectivity index (χ0v) is 10.4. The van der Waals surface area contributed by atoms with Gasteiger partial charge in [-0.25, -0.2) is 0 Å². The third kappa shape index (κ3) is 2.97. The molecule has 1 aliphatic carbocycles. The molecule has 3 heteroatoms. The van der Waals surface area contributed by atoms with Gasteiger partial charge in [-0.2, -0.15) is 0 Å². The van der Waals surface area contributed by atoms with Gasteiger partial charge in [0.2, 0.25) is 5.91 Å². The summed E-state index contributed by atoms with van der Waals surface area (Å²) in [6.45, 7) is 4.11. The molecule has 0 spiro atoms. The summed E-state index contributed by atoms with van der Waals surface area (Å²) in [7, 11) is 0. The lowest BCUT2D eigenvalue weighted by Gasteiger charge is -2.41. The summed E-state index contributed by atoms with van der Waals surface area (Å²) < 4.78 is 0. The van der Waals surface area contributed by atoms with E-state index in [1.54, 1.807) is 6.92 Å². The Hall–Kier alpha value is -0.570. The van der Waals surface area contributed by atoms with Gasteiger partial charge in [0.1, 0.15) is 0 Å². The summed E-state index contributed by atoms with van der Waals surface area (Å²) in [5.74, 6) is 0.133. The summed E-state index contributed by atoms with van der Waals surface area (Å²) in [5, 5.41) is 3.15. The van der Waals surface area contributed by atoms with Crippen LogP contribution in [0.5, 0.6) is 0 Å². The number of amides is 1. The summed E-state index contributed by atoms with van der Waals surface area (Å²) in [5.41, 5.74) is 0.